The highest BCUT2D eigenvalue weighted by atomic mass is 31.2. The maximum Gasteiger partial charge on any atom is 0.408 e. The van der Waals surface area contributed by atoms with Crippen molar-refractivity contribution in [3.8, 4) is 0 Å². The second kappa shape index (κ2) is 24.6. The standard InChI is InChI=1S/C45H67N6O10P/c1-9-61-62(59,27-33(23-29(2)3)39(52)48-38(25-31(6)7)40(53)47-8)28-51(43(56)36(46)24-30(4)5)44(57)37(49-45(58)60-26-32-17-11-10-12-18-32)21-15-16-22-50-41(54)34-19-13-14-20-35(34)42(50)55/h10-14,17-20,29-31,33,36-38H,9,15-16,21-28,46H2,1-8H3,(H,47,53)(H,48,52)(H,49,58)/t33?,36-,37-,38-,62?/m0/s1. The molecule has 1 aliphatic rings. The van der Waals surface area contributed by atoms with Gasteiger partial charge in [-0.25, -0.2) is 4.79 Å². The number of carbonyl (C=O) groups is 7. The Balaban J connectivity index is 1.97. The quantitative estimate of drug-likeness (QED) is 0.0539. The van der Waals surface area contributed by atoms with E-state index in [4.69, 9.17) is 15.0 Å². The van der Waals surface area contributed by atoms with Crippen molar-refractivity contribution >= 4 is 48.9 Å². The summed E-state index contributed by atoms with van der Waals surface area (Å²) in [6.07, 6.45) is -0.907. The number of ether oxygens (including phenoxy) is 1. The molecule has 2 unspecified atom stereocenters. The minimum atomic E-state index is -4.10. The lowest BCUT2D eigenvalue weighted by Gasteiger charge is -2.33. The van der Waals surface area contributed by atoms with Crippen LogP contribution in [0.3, 0.4) is 0 Å². The van der Waals surface area contributed by atoms with Gasteiger partial charge >= 0.3 is 6.09 Å². The van der Waals surface area contributed by atoms with E-state index in [2.05, 4.69) is 16.0 Å². The maximum absolute atomic E-state index is 15.0. The molecule has 0 aliphatic carbocycles. The predicted octanol–water partition coefficient (Wildman–Crippen LogP) is 5.69. The molecule has 16 nitrogen and oxygen atoms in total. The number of amides is 7. The van der Waals surface area contributed by atoms with E-state index in [-0.39, 0.29) is 81.7 Å². The van der Waals surface area contributed by atoms with Crippen LogP contribution in [0, 0.1) is 23.7 Å². The van der Waals surface area contributed by atoms with Gasteiger partial charge < -0.3 is 30.9 Å². The van der Waals surface area contributed by atoms with Crippen LogP contribution < -0.4 is 21.7 Å². The largest absolute Gasteiger partial charge is 0.445 e. The van der Waals surface area contributed by atoms with Crippen LogP contribution in [-0.4, -0.2) is 102 Å². The molecule has 2 aromatic carbocycles. The van der Waals surface area contributed by atoms with E-state index in [0.29, 0.717) is 23.1 Å². The fourth-order valence-electron chi connectivity index (χ4n) is 7.41. The fraction of sp³-hybridized carbons (Fsp3) is 0.578. The van der Waals surface area contributed by atoms with Crippen LogP contribution in [0.25, 0.3) is 0 Å². The number of alkyl carbamates (subject to hydrolysis) is 1. The average Bonchev–Trinajstić information content (AvgIpc) is 3.46. The second-order valence-corrected chi connectivity index (χ2v) is 19.6. The van der Waals surface area contributed by atoms with Crippen molar-refractivity contribution < 1.29 is 47.4 Å². The number of unbranched alkanes of at least 4 members (excludes halogenated alkanes) is 1. The van der Waals surface area contributed by atoms with Crippen LogP contribution >= 0.6 is 7.37 Å². The zero-order valence-electron chi connectivity index (χ0n) is 37.5. The Labute approximate surface area is 366 Å². The molecule has 2 aromatic rings. The van der Waals surface area contributed by atoms with E-state index < -0.39 is 73.3 Å². The Morgan fingerprint density at radius 2 is 1.34 bits per heavy atom. The van der Waals surface area contributed by atoms with Crippen LogP contribution in [0.5, 0.6) is 0 Å². The molecule has 7 amide bonds. The Kier molecular flexibility index (Phi) is 20.4. The Morgan fingerprint density at radius 1 is 0.758 bits per heavy atom. The number of nitrogens with one attached hydrogen (secondary N) is 3. The van der Waals surface area contributed by atoms with Gasteiger partial charge in [0.05, 0.1) is 23.8 Å². The van der Waals surface area contributed by atoms with Gasteiger partial charge in [0.25, 0.3) is 17.7 Å². The van der Waals surface area contributed by atoms with Gasteiger partial charge in [-0.05, 0) is 80.9 Å². The Bertz CT molecular complexity index is 1870. The van der Waals surface area contributed by atoms with Gasteiger partial charge in [-0.15, -0.1) is 0 Å². The lowest BCUT2D eigenvalue weighted by atomic mass is 9.96. The molecule has 62 heavy (non-hydrogen) atoms. The molecule has 0 saturated heterocycles. The number of hydrogen-bond acceptors (Lipinski definition) is 11. The third-order valence-electron chi connectivity index (χ3n) is 10.3. The first-order valence-electron chi connectivity index (χ1n) is 21.6. The molecule has 1 aliphatic heterocycles. The van der Waals surface area contributed by atoms with Crippen LogP contribution in [0.15, 0.2) is 54.6 Å². The van der Waals surface area contributed by atoms with E-state index in [1.54, 1.807) is 55.5 Å². The summed E-state index contributed by atoms with van der Waals surface area (Å²) in [5.41, 5.74) is 7.70. The lowest BCUT2D eigenvalue weighted by Crippen LogP contribution is -2.55. The SMILES string of the molecule is CCOP(=O)(CC(CC(C)C)C(=O)N[C@@H](CC(C)C)C(=O)NC)CN(C(=O)[C@H](CCCCN1C(=O)c2ccccc2C1=O)NC(=O)OCc1ccccc1)C(=O)[C@@H](N)CC(C)C. The zero-order valence-corrected chi connectivity index (χ0v) is 38.4. The van der Waals surface area contributed by atoms with Gasteiger partial charge in [-0.2, -0.15) is 0 Å². The van der Waals surface area contributed by atoms with Crippen molar-refractivity contribution in [2.24, 2.45) is 29.4 Å². The molecule has 0 saturated carbocycles. The second-order valence-electron chi connectivity index (χ2n) is 17.1. The number of imide groups is 2. The first-order valence-corrected chi connectivity index (χ1v) is 23.6. The van der Waals surface area contributed by atoms with Crippen molar-refractivity contribution in [2.45, 2.75) is 112 Å². The molecule has 342 valence electrons. The highest BCUT2D eigenvalue weighted by Crippen LogP contribution is 2.50. The summed E-state index contributed by atoms with van der Waals surface area (Å²) in [6, 6.07) is 11.9. The first-order chi connectivity index (χ1) is 29.3. The fourth-order valence-corrected chi connectivity index (χ4v) is 9.88. The monoisotopic (exact) mass is 882 g/mol. The molecule has 0 bridgehead atoms. The Hall–Kier alpha value is -4.92. The summed E-state index contributed by atoms with van der Waals surface area (Å²) in [6.45, 7) is 12.8. The van der Waals surface area contributed by atoms with Crippen molar-refractivity contribution in [1.29, 1.82) is 0 Å². The van der Waals surface area contributed by atoms with Crippen LogP contribution in [0.2, 0.25) is 0 Å². The molecule has 1 heterocycles. The van der Waals surface area contributed by atoms with E-state index >= 15 is 4.57 Å². The van der Waals surface area contributed by atoms with Gasteiger partial charge in [0.15, 0.2) is 0 Å². The van der Waals surface area contributed by atoms with Gasteiger partial charge in [0.2, 0.25) is 25.1 Å². The van der Waals surface area contributed by atoms with Gasteiger partial charge in [-0.3, -0.25) is 43.1 Å². The first kappa shape index (κ1) is 51.4. The molecule has 0 fully saturated rings. The van der Waals surface area contributed by atoms with E-state index in [1.165, 1.54) is 7.05 Å². The Morgan fingerprint density at radius 3 is 1.89 bits per heavy atom. The lowest BCUT2D eigenvalue weighted by molar-refractivity contribution is -0.146. The molecule has 0 spiro atoms. The van der Waals surface area contributed by atoms with Crippen molar-refractivity contribution in [3.63, 3.8) is 0 Å². The summed E-state index contributed by atoms with van der Waals surface area (Å²) in [5.74, 6) is -4.53. The maximum atomic E-state index is 15.0. The van der Waals surface area contributed by atoms with Gasteiger partial charge in [0.1, 0.15) is 25.0 Å². The summed E-state index contributed by atoms with van der Waals surface area (Å²) >= 11 is 0. The number of hydrogen-bond donors (Lipinski definition) is 4. The van der Waals surface area contributed by atoms with Gasteiger partial charge in [-0.1, -0.05) is 84.0 Å². The minimum absolute atomic E-state index is 0.0321. The van der Waals surface area contributed by atoms with Crippen molar-refractivity contribution in [3.05, 3.63) is 71.3 Å². The molecular formula is C45H67N6O10P. The molecule has 0 aromatic heterocycles. The van der Waals surface area contributed by atoms with Crippen LogP contribution in [-0.2, 0) is 39.6 Å². The predicted molar refractivity (Wildman–Crippen MR) is 236 cm³/mol. The third-order valence-corrected chi connectivity index (χ3v) is 12.8. The number of nitrogens with zero attached hydrogens (tertiary/aromatic N) is 2. The topological polar surface area (TPSA) is 224 Å². The number of rotatable bonds is 25. The molecule has 5 atom stereocenters. The molecular weight excluding hydrogens is 816 g/mol. The van der Waals surface area contributed by atoms with Crippen molar-refractivity contribution in [1.82, 2.24) is 25.8 Å². The molecule has 5 N–H and O–H groups in total. The number of fused-ring (bicyclic) bond motifs is 1. The number of benzene rings is 2. The minimum Gasteiger partial charge on any atom is -0.445 e. The molecule has 17 heteroatoms. The van der Waals surface area contributed by atoms with E-state index in [9.17, 15) is 33.6 Å². The number of likely N-dealkylation sites (N-methyl/N-ethyl adjacent to an activating group) is 1. The normalized spacial score (nSPS) is 15.4. The van der Waals surface area contributed by atoms with E-state index in [1.807, 2.05) is 47.6 Å². The number of carbonyl (C=O) groups excluding carboxylic acids is 7. The van der Waals surface area contributed by atoms with E-state index in [0.717, 1.165) is 9.80 Å². The highest BCUT2D eigenvalue weighted by molar-refractivity contribution is 7.59. The molecule has 0 radical (unpaired) electrons. The smallest absolute Gasteiger partial charge is 0.408 e. The molecule has 3 rings (SSSR count). The van der Waals surface area contributed by atoms with Crippen LogP contribution in [0.4, 0.5) is 4.79 Å². The summed E-state index contributed by atoms with van der Waals surface area (Å²) in [7, 11) is -2.62. The summed E-state index contributed by atoms with van der Waals surface area (Å²) in [4.78, 5) is 97.1. The van der Waals surface area contributed by atoms with Crippen molar-refractivity contribution in [2.75, 3.05) is 32.6 Å². The van der Waals surface area contributed by atoms with Gasteiger partial charge in [0, 0.05) is 25.7 Å². The zero-order chi connectivity index (χ0) is 46.1. The average molecular weight is 883 g/mol. The summed E-state index contributed by atoms with van der Waals surface area (Å²) < 4.78 is 26.4. The highest BCUT2D eigenvalue weighted by Gasteiger charge is 2.41. The summed E-state index contributed by atoms with van der Waals surface area (Å²) in [5, 5.41) is 8.00. The van der Waals surface area contributed by atoms with Crippen LogP contribution in [0.1, 0.15) is 113 Å². The number of nitrogens with two attached hydrogens (primary N) is 1. The third kappa shape index (κ3) is 15.5.